The van der Waals surface area contributed by atoms with E-state index in [1.165, 1.54) is 19.9 Å². The van der Waals surface area contributed by atoms with Crippen LogP contribution in [-0.2, 0) is 8.73 Å². The molecule has 89 valence electrons. The molecule has 0 amide bonds. The number of hydrogen-bond acceptors (Lipinski definition) is 0. The zero-order valence-electron chi connectivity index (χ0n) is 10.6. The maximum atomic E-state index is 2.54. The van der Waals surface area contributed by atoms with Crippen LogP contribution in [0, 0.1) is 0 Å². The van der Waals surface area contributed by atoms with E-state index >= 15 is 0 Å². The van der Waals surface area contributed by atoms with E-state index < -0.39 is 18.8 Å². The molecule has 2 aromatic rings. The Kier molecular flexibility index (Phi) is 4.29. The van der Waals surface area contributed by atoms with Crippen LogP contribution in [0.1, 0.15) is 11.1 Å². The second kappa shape index (κ2) is 5.73. The van der Waals surface area contributed by atoms with Crippen molar-refractivity contribution in [3.05, 3.63) is 71.8 Å². The van der Waals surface area contributed by atoms with Crippen LogP contribution in [0.25, 0.3) is 0 Å². The third-order valence-electron chi connectivity index (χ3n) is 2.91. The summed E-state index contributed by atoms with van der Waals surface area (Å²) in [5.74, 6) is 0. The second-order valence-corrected chi connectivity index (χ2v) is 18.1. The van der Waals surface area contributed by atoms with Gasteiger partial charge in [-0.25, -0.2) is 0 Å². The van der Waals surface area contributed by atoms with Crippen molar-refractivity contribution in [1.29, 1.82) is 0 Å². The van der Waals surface area contributed by atoms with E-state index in [4.69, 9.17) is 0 Å². The number of hydrogen-bond donors (Lipinski definition) is 0. The molecule has 17 heavy (non-hydrogen) atoms. The van der Waals surface area contributed by atoms with Gasteiger partial charge in [0.25, 0.3) is 0 Å². The first kappa shape index (κ1) is 12.7. The molecule has 0 spiro atoms. The first-order valence-corrected chi connectivity index (χ1v) is 14.8. The third-order valence-corrected chi connectivity index (χ3v) is 9.88. The van der Waals surface area contributed by atoms with Gasteiger partial charge in [-0.1, -0.05) is 0 Å². The van der Waals surface area contributed by atoms with Crippen LogP contribution in [0.3, 0.4) is 0 Å². The molecule has 0 aromatic heterocycles. The molecule has 0 atom stereocenters. The van der Waals surface area contributed by atoms with Crippen LogP contribution in [0.2, 0.25) is 9.74 Å². The van der Waals surface area contributed by atoms with E-state index in [1.807, 2.05) is 0 Å². The van der Waals surface area contributed by atoms with Crippen LogP contribution in [0.15, 0.2) is 60.7 Å². The molecule has 0 saturated heterocycles. The fourth-order valence-corrected chi connectivity index (χ4v) is 9.38. The molecule has 0 unspecified atom stereocenters. The topological polar surface area (TPSA) is 0 Å². The van der Waals surface area contributed by atoms with E-state index in [0.717, 1.165) is 0 Å². The summed E-state index contributed by atoms with van der Waals surface area (Å²) in [6, 6.07) is 21.9. The van der Waals surface area contributed by atoms with Crippen molar-refractivity contribution in [2.75, 3.05) is 0 Å². The first-order valence-electron chi connectivity index (χ1n) is 6.06. The summed E-state index contributed by atoms with van der Waals surface area (Å²) in [5, 5.41) is 0. The van der Waals surface area contributed by atoms with Crippen molar-refractivity contribution in [2.24, 2.45) is 0 Å². The van der Waals surface area contributed by atoms with E-state index in [-0.39, 0.29) is 0 Å². The Labute approximate surface area is 109 Å². The zero-order chi connectivity index (χ0) is 12.1. The van der Waals surface area contributed by atoms with Crippen molar-refractivity contribution in [3.63, 3.8) is 0 Å². The normalized spacial score (nSPS) is 11.4. The van der Waals surface area contributed by atoms with Gasteiger partial charge in [0, 0.05) is 0 Å². The van der Waals surface area contributed by atoms with Crippen LogP contribution in [0.4, 0.5) is 0 Å². The van der Waals surface area contributed by atoms with Crippen molar-refractivity contribution in [1.82, 2.24) is 0 Å². The van der Waals surface area contributed by atoms with Gasteiger partial charge in [-0.05, 0) is 0 Å². The summed E-state index contributed by atoms with van der Waals surface area (Å²) in [5.41, 5.74) is 3.03. The second-order valence-electron chi connectivity index (χ2n) is 5.22. The summed E-state index contributed by atoms with van der Waals surface area (Å²) < 4.78 is 2.66. The van der Waals surface area contributed by atoms with Crippen LogP contribution in [-0.4, -0.2) is 18.8 Å². The Bertz CT molecular complexity index is 402. The SMILES string of the molecule is [CH3][Sb]([CH3])([CH2]c1ccccc1)[CH2]c1ccccc1. The van der Waals surface area contributed by atoms with Gasteiger partial charge < -0.3 is 0 Å². The van der Waals surface area contributed by atoms with Crippen LogP contribution in [0.5, 0.6) is 0 Å². The standard InChI is InChI=1S/2C7H7.2CH3.Sb/c2*1-7-5-3-2-4-6-7;;;/h2*2-6H,1H2;2*1H3;. The van der Waals surface area contributed by atoms with Crippen molar-refractivity contribution < 1.29 is 0 Å². The molecule has 0 fully saturated rings. The van der Waals surface area contributed by atoms with E-state index in [1.54, 1.807) is 0 Å². The summed E-state index contributed by atoms with van der Waals surface area (Å²) in [6.45, 7) is 0. The average Bonchev–Trinajstić information content (AvgIpc) is 2.30. The van der Waals surface area contributed by atoms with Gasteiger partial charge in [0.2, 0.25) is 0 Å². The molecular formula is C16H20Sb. The van der Waals surface area contributed by atoms with Gasteiger partial charge in [-0.3, -0.25) is 0 Å². The minimum atomic E-state index is -1.84. The molecule has 0 aliphatic carbocycles. The molecule has 1 heteroatoms. The Morgan fingerprint density at radius 3 is 1.35 bits per heavy atom. The summed E-state index contributed by atoms with van der Waals surface area (Å²) in [7, 11) is 0. The third kappa shape index (κ3) is 4.20. The molecule has 0 aliphatic heterocycles. The van der Waals surface area contributed by atoms with Gasteiger partial charge in [0.05, 0.1) is 0 Å². The molecule has 1 radical (unpaired) electrons. The number of benzene rings is 2. The summed E-state index contributed by atoms with van der Waals surface area (Å²) in [4.78, 5) is 5.08. The predicted molar refractivity (Wildman–Crippen MR) is 77.8 cm³/mol. The Hall–Kier alpha value is -0.742. The minimum absolute atomic E-state index is 1.33. The van der Waals surface area contributed by atoms with E-state index in [9.17, 15) is 0 Å². The van der Waals surface area contributed by atoms with E-state index in [0.29, 0.717) is 0 Å². The molecule has 2 rings (SSSR count). The van der Waals surface area contributed by atoms with Gasteiger partial charge >= 0.3 is 109 Å². The van der Waals surface area contributed by atoms with Crippen molar-refractivity contribution in [3.8, 4) is 0 Å². The predicted octanol–water partition coefficient (Wildman–Crippen LogP) is 4.26. The van der Waals surface area contributed by atoms with Crippen LogP contribution >= 0.6 is 0 Å². The summed E-state index contributed by atoms with van der Waals surface area (Å²) in [6.07, 6.45) is 0. The molecule has 0 bridgehead atoms. The average molecular weight is 334 g/mol. The fourth-order valence-electron chi connectivity index (χ4n) is 2.21. The van der Waals surface area contributed by atoms with Gasteiger partial charge in [0.15, 0.2) is 0 Å². The van der Waals surface area contributed by atoms with Gasteiger partial charge in [0.1, 0.15) is 0 Å². The fraction of sp³-hybridized carbons (Fsp3) is 0.250. The monoisotopic (exact) mass is 333 g/mol. The van der Waals surface area contributed by atoms with E-state index in [2.05, 4.69) is 70.4 Å². The Morgan fingerprint density at radius 1 is 0.647 bits per heavy atom. The van der Waals surface area contributed by atoms with Gasteiger partial charge in [-0.2, -0.15) is 0 Å². The number of rotatable bonds is 4. The van der Waals surface area contributed by atoms with Gasteiger partial charge in [-0.15, -0.1) is 0 Å². The zero-order valence-corrected chi connectivity index (χ0v) is 13.2. The maximum absolute atomic E-state index is 2.54. The quantitative estimate of drug-likeness (QED) is 0.733. The molecular weight excluding hydrogens is 314 g/mol. The Morgan fingerprint density at radius 2 is 1.00 bits per heavy atom. The molecule has 0 N–H and O–H groups in total. The van der Waals surface area contributed by atoms with Crippen molar-refractivity contribution in [2.45, 2.75) is 18.5 Å². The molecule has 0 nitrogen and oxygen atoms in total. The molecule has 0 aliphatic rings. The molecule has 2 aromatic carbocycles. The first-order chi connectivity index (χ1) is 8.16. The van der Waals surface area contributed by atoms with Crippen molar-refractivity contribution >= 4 is 18.8 Å². The van der Waals surface area contributed by atoms with Crippen LogP contribution < -0.4 is 0 Å². The summed E-state index contributed by atoms with van der Waals surface area (Å²) >= 11 is -1.84. The Balaban J connectivity index is 2.04. The molecule has 0 heterocycles. The molecule has 0 saturated carbocycles.